The van der Waals surface area contributed by atoms with E-state index in [0.29, 0.717) is 0 Å². The molecule has 0 spiro atoms. The average molecular weight is 321 g/mol. The molecule has 0 atom stereocenters. The molecule has 3 nitrogen and oxygen atoms in total. The van der Waals surface area contributed by atoms with Crippen molar-refractivity contribution in [1.82, 2.24) is 9.97 Å². The van der Waals surface area contributed by atoms with Gasteiger partial charge in [0.05, 0.1) is 10.2 Å². The summed E-state index contributed by atoms with van der Waals surface area (Å²) in [7, 11) is 0. The third-order valence-electron chi connectivity index (χ3n) is 1.92. The normalized spacial score (nSPS) is 10.4. The second kappa shape index (κ2) is 4.93. The highest BCUT2D eigenvalue weighted by atomic mass is 79.9. The molecule has 1 heterocycles. The third kappa shape index (κ3) is 2.70. The fourth-order valence-electron chi connectivity index (χ4n) is 1.15. The summed E-state index contributed by atoms with van der Waals surface area (Å²) in [5.41, 5.74) is 0.0562. The zero-order chi connectivity index (χ0) is 12.4. The summed E-state index contributed by atoms with van der Waals surface area (Å²) in [6, 6.07) is 2.02. The average Bonchev–Trinajstić information content (AvgIpc) is 2.29. The first-order valence-electron chi connectivity index (χ1n) is 4.46. The molecule has 1 aromatic heterocycles. The molecule has 0 unspecified atom stereocenters. The second-order valence-electron chi connectivity index (χ2n) is 3.07. The molecular formula is C10H5BrClF2N3. The first-order valence-corrected chi connectivity index (χ1v) is 5.63. The fourth-order valence-corrected chi connectivity index (χ4v) is 1.65. The van der Waals surface area contributed by atoms with Gasteiger partial charge in [0.25, 0.3) is 0 Å². The summed E-state index contributed by atoms with van der Waals surface area (Å²) in [6.07, 6.45) is 2.81. The number of rotatable bonds is 2. The van der Waals surface area contributed by atoms with Crippen LogP contribution >= 0.6 is 27.5 Å². The van der Waals surface area contributed by atoms with E-state index in [1.54, 1.807) is 0 Å². The SMILES string of the molecule is Fc1cc(F)c(Nc2nccnc2Cl)cc1Br. The molecule has 7 heteroatoms. The van der Waals surface area contributed by atoms with E-state index in [2.05, 4.69) is 31.2 Å². The van der Waals surface area contributed by atoms with Crippen molar-refractivity contribution in [3.05, 3.63) is 45.8 Å². The maximum atomic E-state index is 13.4. The number of nitrogens with zero attached hydrogens (tertiary/aromatic N) is 2. The van der Waals surface area contributed by atoms with Crippen LogP contribution in [-0.2, 0) is 0 Å². The van der Waals surface area contributed by atoms with Gasteiger partial charge < -0.3 is 5.32 Å². The number of aromatic nitrogens is 2. The lowest BCUT2D eigenvalue weighted by molar-refractivity contribution is 0.581. The number of hydrogen-bond acceptors (Lipinski definition) is 3. The van der Waals surface area contributed by atoms with Crippen molar-refractivity contribution in [2.45, 2.75) is 0 Å². The first kappa shape index (κ1) is 12.2. The molecule has 0 aliphatic heterocycles. The van der Waals surface area contributed by atoms with Crippen molar-refractivity contribution in [3.63, 3.8) is 0 Å². The molecule has 0 amide bonds. The zero-order valence-electron chi connectivity index (χ0n) is 8.22. The lowest BCUT2D eigenvalue weighted by atomic mass is 10.3. The molecule has 0 radical (unpaired) electrons. The first-order chi connectivity index (χ1) is 8.08. The van der Waals surface area contributed by atoms with Crippen LogP contribution in [0.3, 0.4) is 0 Å². The number of nitrogens with one attached hydrogen (secondary N) is 1. The number of benzene rings is 1. The van der Waals surface area contributed by atoms with Crippen molar-refractivity contribution in [2.75, 3.05) is 5.32 Å². The van der Waals surface area contributed by atoms with Crippen LogP contribution in [0.2, 0.25) is 5.15 Å². The molecule has 0 bridgehead atoms. The number of hydrogen-bond donors (Lipinski definition) is 1. The standard InChI is InChI=1S/C10H5BrClF2N3/c11-5-3-8(7(14)4-6(5)13)17-10-9(12)15-1-2-16-10/h1-4H,(H,16,17). The van der Waals surface area contributed by atoms with E-state index in [0.717, 1.165) is 6.07 Å². The van der Waals surface area contributed by atoms with Gasteiger partial charge in [-0.2, -0.15) is 0 Å². The minimum Gasteiger partial charge on any atom is -0.335 e. The number of anilines is 2. The Kier molecular flexibility index (Phi) is 3.54. The van der Waals surface area contributed by atoms with Crippen LogP contribution in [0.1, 0.15) is 0 Å². The Morgan fingerprint density at radius 3 is 2.53 bits per heavy atom. The molecule has 2 aromatic rings. The van der Waals surface area contributed by atoms with E-state index in [1.165, 1.54) is 18.5 Å². The molecule has 0 aliphatic carbocycles. The minimum atomic E-state index is -0.743. The molecule has 0 saturated carbocycles. The third-order valence-corrected chi connectivity index (χ3v) is 2.80. The van der Waals surface area contributed by atoms with Gasteiger partial charge in [-0.05, 0) is 22.0 Å². The van der Waals surface area contributed by atoms with Crippen molar-refractivity contribution >= 4 is 39.0 Å². The molecule has 0 aliphatic rings. The van der Waals surface area contributed by atoms with Gasteiger partial charge >= 0.3 is 0 Å². The van der Waals surface area contributed by atoms with Crippen LogP contribution in [0.5, 0.6) is 0 Å². The summed E-state index contributed by atoms with van der Waals surface area (Å²) in [6.45, 7) is 0. The van der Waals surface area contributed by atoms with Crippen LogP contribution in [-0.4, -0.2) is 9.97 Å². The molecule has 1 N–H and O–H groups in total. The van der Waals surface area contributed by atoms with Crippen LogP contribution in [0.4, 0.5) is 20.3 Å². The quantitative estimate of drug-likeness (QED) is 0.852. The predicted octanol–water partition coefficient (Wildman–Crippen LogP) is 3.91. The van der Waals surface area contributed by atoms with E-state index >= 15 is 0 Å². The molecular weight excluding hydrogens is 315 g/mol. The Balaban J connectivity index is 2.37. The Hall–Kier alpha value is -1.27. The lowest BCUT2D eigenvalue weighted by Gasteiger charge is -2.08. The molecule has 0 saturated heterocycles. The lowest BCUT2D eigenvalue weighted by Crippen LogP contribution is -1.99. The molecule has 1 aromatic carbocycles. The van der Waals surface area contributed by atoms with Gasteiger partial charge in [-0.15, -0.1) is 0 Å². The van der Waals surface area contributed by atoms with Crippen molar-refractivity contribution < 1.29 is 8.78 Å². The van der Waals surface area contributed by atoms with E-state index in [-0.39, 0.29) is 21.1 Å². The maximum absolute atomic E-state index is 13.4. The predicted molar refractivity (Wildman–Crippen MR) is 64.4 cm³/mol. The van der Waals surface area contributed by atoms with Crippen molar-refractivity contribution in [2.24, 2.45) is 0 Å². The van der Waals surface area contributed by atoms with Gasteiger partial charge in [0.2, 0.25) is 0 Å². The van der Waals surface area contributed by atoms with E-state index in [9.17, 15) is 8.78 Å². The van der Waals surface area contributed by atoms with E-state index in [1.807, 2.05) is 0 Å². The number of halogens is 4. The van der Waals surface area contributed by atoms with Gasteiger partial charge in [0.1, 0.15) is 11.6 Å². The summed E-state index contributed by atoms with van der Waals surface area (Å²) in [5.74, 6) is -1.22. The monoisotopic (exact) mass is 319 g/mol. The summed E-state index contributed by atoms with van der Waals surface area (Å²) < 4.78 is 26.6. The van der Waals surface area contributed by atoms with Gasteiger partial charge in [-0.3, -0.25) is 0 Å². The zero-order valence-corrected chi connectivity index (χ0v) is 10.6. The van der Waals surface area contributed by atoms with Crippen LogP contribution in [0, 0.1) is 11.6 Å². The van der Waals surface area contributed by atoms with Crippen molar-refractivity contribution in [1.29, 1.82) is 0 Å². The van der Waals surface area contributed by atoms with E-state index < -0.39 is 11.6 Å². The van der Waals surface area contributed by atoms with Gasteiger partial charge in [0.15, 0.2) is 11.0 Å². The summed E-state index contributed by atoms with van der Waals surface area (Å²) >= 11 is 8.71. The second-order valence-corrected chi connectivity index (χ2v) is 4.28. The highest BCUT2D eigenvalue weighted by Gasteiger charge is 2.10. The van der Waals surface area contributed by atoms with Crippen LogP contribution in [0.25, 0.3) is 0 Å². The largest absolute Gasteiger partial charge is 0.335 e. The Bertz CT molecular complexity index is 565. The molecule has 0 fully saturated rings. The maximum Gasteiger partial charge on any atom is 0.171 e. The van der Waals surface area contributed by atoms with Gasteiger partial charge in [0, 0.05) is 18.5 Å². The molecule has 88 valence electrons. The highest BCUT2D eigenvalue weighted by molar-refractivity contribution is 9.10. The van der Waals surface area contributed by atoms with Crippen LogP contribution < -0.4 is 5.32 Å². The Labute approximate surface area is 109 Å². The minimum absolute atomic E-state index is 0.0562. The Morgan fingerprint density at radius 2 is 1.82 bits per heavy atom. The van der Waals surface area contributed by atoms with Gasteiger partial charge in [-0.25, -0.2) is 18.7 Å². The van der Waals surface area contributed by atoms with Crippen molar-refractivity contribution in [3.8, 4) is 0 Å². The summed E-state index contributed by atoms with van der Waals surface area (Å²) in [4.78, 5) is 7.66. The summed E-state index contributed by atoms with van der Waals surface area (Å²) in [5, 5.41) is 2.74. The molecule has 2 rings (SSSR count). The topological polar surface area (TPSA) is 37.8 Å². The van der Waals surface area contributed by atoms with E-state index in [4.69, 9.17) is 11.6 Å². The smallest absolute Gasteiger partial charge is 0.171 e. The Morgan fingerprint density at radius 1 is 1.12 bits per heavy atom. The highest BCUT2D eigenvalue weighted by Crippen LogP contribution is 2.27. The van der Waals surface area contributed by atoms with Crippen LogP contribution in [0.15, 0.2) is 29.0 Å². The fraction of sp³-hybridized carbons (Fsp3) is 0. The molecule has 17 heavy (non-hydrogen) atoms. The van der Waals surface area contributed by atoms with Gasteiger partial charge in [-0.1, -0.05) is 11.6 Å².